The first-order chi connectivity index (χ1) is 14.4. The van der Waals surface area contributed by atoms with Gasteiger partial charge in [0, 0.05) is 5.56 Å². The first-order valence-corrected chi connectivity index (χ1v) is 11.3. The van der Waals surface area contributed by atoms with E-state index < -0.39 is 5.56 Å². The molecule has 1 aromatic carbocycles. The fraction of sp³-hybridized carbons (Fsp3) is 0.478. The van der Waals surface area contributed by atoms with Crippen molar-refractivity contribution in [3.8, 4) is 17.3 Å². The molecular formula is C23H27N3O3S. The Morgan fingerprint density at radius 2 is 2.07 bits per heavy atom. The minimum Gasteiger partial charge on any atom is -0.461 e. The number of hydrogen-bond acceptors (Lipinski definition) is 6. The predicted octanol–water partition coefficient (Wildman–Crippen LogP) is 4.40. The first kappa shape index (κ1) is 22.1. The second kappa shape index (κ2) is 9.94. The van der Waals surface area contributed by atoms with E-state index in [0.29, 0.717) is 34.2 Å². The Kier molecular flexibility index (Phi) is 7.33. The van der Waals surface area contributed by atoms with E-state index in [-0.39, 0.29) is 23.4 Å². The summed E-state index contributed by atoms with van der Waals surface area (Å²) in [5, 5.41) is 9.65. The summed E-state index contributed by atoms with van der Waals surface area (Å²) in [4.78, 5) is 31.9. The quantitative estimate of drug-likeness (QED) is 0.418. The lowest BCUT2D eigenvalue weighted by atomic mass is 9.75. The van der Waals surface area contributed by atoms with Crippen molar-refractivity contribution in [1.29, 1.82) is 5.26 Å². The van der Waals surface area contributed by atoms with Gasteiger partial charge >= 0.3 is 5.97 Å². The number of nitrogens with one attached hydrogen (secondary N) is 1. The lowest BCUT2D eigenvalue weighted by Gasteiger charge is -2.36. The Morgan fingerprint density at radius 3 is 2.73 bits per heavy atom. The topological polar surface area (TPSA) is 95.8 Å². The van der Waals surface area contributed by atoms with Crippen LogP contribution in [-0.4, -0.2) is 27.8 Å². The van der Waals surface area contributed by atoms with Gasteiger partial charge in [-0.05, 0) is 30.6 Å². The molecule has 0 bridgehead atoms. The minimum absolute atomic E-state index is 0.0379. The number of benzene rings is 1. The molecule has 3 atom stereocenters. The van der Waals surface area contributed by atoms with Crippen molar-refractivity contribution in [2.75, 3.05) is 5.75 Å². The van der Waals surface area contributed by atoms with Gasteiger partial charge in [-0.2, -0.15) is 5.26 Å². The van der Waals surface area contributed by atoms with Crippen molar-refractivity contribution in [3.63, 3.8) is 0 Å². The van der Waals surface area contributed by atoms with E-state index in [1.807, 2.05) is 24.3 Å². The van der Waals surface area contributed by atoms with Crippen LogP contribution in [0.4, 0.5) is 0 Å². The Balaban J connectivity index is 1.71. The number of nitrogens with zero attached hydrogens (tertiary/aromatic N) is 2. The van der Waals surface area contributed by atoms with E-state index in [1.54, 1.807) is 12.1 Å². The number of rotatable bonds is 6. The Morgan fingerprint density at radius 1 is 1.33 bits per heavy atom. The second-order valence-electron chi connectivity index (χ2n) is 8.22. The highest BCUT2D eigenvalue weighted by atomic mass is 32.2. The molecule has 30 heavy (non-hydrogen) atoms. The van der Waals surface area contributed by atoms with Gasteiger partial charge in [-0.3, -0.25) is 9.59 Å². The van der Waals surface area contributed by atoms with Gasteiger partial charge in [-0.15, -0.1) is 0 Å². The number of esters is 1. The van der Waals surface area contributed by atoms with Crippen LogP contribution in [0, 0.1) is 29.1 Å². The van der Waals surface area contributed by atoms with E-state index >= 15 is 0 Å². The van der Waals surface area contributed by atoms with Crippen molar-refractivity contribution in [1.82, 2.24) is 9.97 Å². The summed E-state index contributed by atoms with van der Waals surface area (Å²) in [5.41, 5.74) is 0.450. The summed E-state index contributed by atoms with van der Waals surface area (Å²) < 4.78 is 5.82. The molecule has 2 aromatic rings. The number of carbonyl (C=O) groups is 1. The van der Waals surface area contributed by atoms with Gasteiger partial charge in [-0.1, -0.05) is 69.3 Å². The minimum atomic E-state index is -0.511. The molecule has 0 unspecified atom stereocenters. The number of ether oxygens (including phenoxy) is 1. The fourth-order valence-electron chi connectivity index (χ4n) is 4.01. The lowest BCUT2D eigenvalue weighted by molar-refractivity contribution is -0.152. The zero-order valence-corrected chi connectivity index (χ0v) is 18.4. The van der Waals surface area contributed by atoms with Gasteiger partial charge in [0.15, 0.2) is 5.16 Å². The van der Waals surface area contributed by atoms with E-state index in [0.717, 1.165) is 24.6 Å². The van der Waals surface area contributed by atoms with Crippen molar-refractivity contribution >= 4 is 17.7 Å². The van der Waals surface area contributed by atoms with Crippen LogP contribution in [0.15, 0.2) is 40.3 Å². The van der Waals surface area contributed by atoms with Crippen LogP contribution in [0.2, 0.25) is 0 Å². The van der Waals surface area contributed by atoms with Crippen molar-refractivity contribution in [2.24, 2.45) is 17.8 Å². The van der Waals surface area contributed by atoms with Gasteiger partial charge in [0.25, 0.3) is 5.56 Å². The van der Waals surface area contributed by atoms with Crippen LogP contribution in [0.3, 0.4) is 0 Å². The highest BCUT2D eigenvalue weighted by molar-refractivity contribution is 7.99. The molecule has 1 heterocycles. The van der Waals surface area contributed by atoms with E-state index in [2.05, 4.69) is 30.7 Å². The third-order valence-corrected chi connectivity index (χ3v) is 6.47. The Hall–Kier alpha value is -2.59. The standard InChI is InChI=1S/C23H27N3O3S/c1-14(2)17-10-9-15(3)11-19(17)29-20(27)13-30-23-25-21(16-7-5-4-6-8-16)18(12-24)22(28)26-23/h4-8,14-15,17,19H,9-11,13H2,1-3H3,(H,25,26,28)/t15-,17-,19-/m1/s1. The number of thioether (sulfide) groups is 1. The maximum Gasteiger partial charge on any atom is 0.316 e. The van der Waals surface area contributed by atoms with Crippen LogP contribution in [-0.2, 0) is 9.53 Å². The number of aromatic amines is 1. The van der Waals surface area contributed by atoms with Crippen molar-refractivity contribution in [2.45, 2.75) is 51.3 Å². The predicted molar refractivity (Wildman–Crippen MR) is 117 cm³/mol. The third-order valence-electron chi connectivity index (χ3n) is 5.63. The molecule has 6 nitrogen and oxygen atoms in total. The van der Waals surface area contributed by atoms with E-state index in [9.17, 15) is 14.9 Å². The largest absolute Gasteiger partial charge is 0.461 e. The molecular weight excluding hydrogens is 398 g/mol. The second-order valence-corrected chi connectivity index (χ2v) is 9.18. The maximum absolute atomic E-state index is 12.5. The average molecular weight is 426 g/mol. The van der Waals surface area contributed by atoms with E-state index in [4.69, 9.17) is 4.74 Å². The molecule has 1 aliphatic rings. The van der Waals surface area contributed by atoms with Crippen LogP contribution < -0.4 is 5.56 Å². The van der Waals surface area contributed by atoms with Crippen LogP contribution in [0.1, 0.15) is 45.6 Å². The third kappa shape index (κ3) is 5.31. The molecule has 0 spiro atoms. The molecule has 1 fully saturated rings. The highest BCUT2D eigenvalue weighted by Crippen LogP contribution is 2.35. The van der Waals surface area contributed by atoms with Crippen LogP contribution >= 0.6 is 11.8 Å². The summed E-state index contributed by atoms with van der Waals surface area (Å²) in [7, 11) is 0. The van der Waals surface area contributed by atoms with Gasteiger partial charge in [0.1, 0.15) is 17.7 Å². The van der Waals surface area contributed by atoms with Gasteiger partial charge in [0.2, 0.25) is 0 Å². The number of H-pyrrole nitrogens is 1. The summed E-state index contributed by atoms with van der Waals surface area (Å²) >= 11 is 1.12. The number of hydrogen-bond donors (Lipinski definition) is 1. The molecule has 0 saturated heterocycles. The smallest absolute Gasteiger partial charge is 0.316 e. The summed E-state index contributed by atoms with van der Waals surface area (Å²) in [5.74, 6) is 1.15. The molecule has 1 saturated carbocycles. The molecule has 0 amide bonds. The molecule has 3 rings (SSSR count). The highest BCUT2D eigenvalue weighted by Gasteiger charge is 2.33. The maximum atomic E-state index is 12.5. The monoisotopic (exact) mass is 425 g/mol. The van der Waals surface area contributed by atoms with Crippen molar-refractivity contribution < 1.29 is 9.53 Å². The lowest BCUT2D eigenvalue weighted by Crippen LogP contribution is -2.36. The zero-order valence-electron chi connectivity index (χ0n) is 17.6. The summed E-state index contributed by atoms with van der Waals surface area (Å²) in [6.45, 7) is 6.54. The number of nitriles is 1. The number of carbonyl (C=O) groups excluding carboxylic acids is 1. The van der Waals surface area contributed by atoms with Crippen LogP contribution in [0.5, 0.6) is 0 Å². The molecule has 1 aromatic heterocycles. The average Bonchev–Trinajstić information content (AvgIpc) is 2.72. The van der Waals surface area contributed by atoms with Gasteiger partial charge in [-0.25, -0.2) is 4.98 Å². The SMILES string of the molecule is CC(C)[C@H]1CC[C@@H](C)C[C@H]1OC(=O)CSc1nc(-c2ccccc2)c(C#N)c(=O)[nH]1. The molecule has 1 N–H and O–H groups in total. The first-order valence-electron chi connectivity index (χ1n) is 10.3. The van der Waals surface area contributed by atoms with E-state index in [1.165, 1.54) is 6.42 Å². The Bertz CT molecular complexity index is 981. The molecule has 7 heteroatoms. The molecule has 158 valence electrons. The Labute approximate surface area is 181 Å². The summed E-state index contributed by atoms with van der Waals surface area (Å²) in [6.07, 6.45) is 3.08. The van der Waals surface area contributed by atoms with Crippen molar-refractivity contribution in [3.05, 3.63) is 46.2 Å². The molecule has 0 radical (unpaired) electrons. The normalized spacial score (nSPS) is 21.2. The van der Waals surface area contributed by atoms with Gasteiger partial charge in [0.05, 0.1) is 11.4 Å². The van der Waals surface area contributed by atoms with Crippen LogP contribution in [0.25, 0.3) is 11.3 Å². The fourth-order valence-corrected chi connectivity index (χ4v) is 4.65. The van der Waals surface area contributed by atoms with Gasteiger partial charge < -0.3 is 9.72 Å². The molecule has 0 aliphatic heterocycles. The zero-order chi connectivity index (χ0) is 21.7. The number of aromatic nitrogens is 2. The summed E-state index contributed by atoms with van der Waals surface area (Å²) in [6, 6.07) is 11.0. The molecule has 1 aliphatic carbocycles.